The molecule has 0 aromatic rings. The van der Waals surface area contributed by atoms with Gasteiger partial charge >= 0.3 is 5.97 Å². The summed E-state index contributed by atoms with van der Waals surface area (Å²) in [6.45, 7) is 2.35. The Hall–Kier alpha value is -0.860. The number of carbonyl (C=O) groups excluding carboxylic acids is 2. The summed E-state index contributed by atoms with van der Waals surface area (Å²) in [5.74, 6) is 2.03. The molecular formula is C15H24O3. The van der Waals surface area contributed by atoms with Gasteiger partial charge in [0.25, 0.3) is 0 Å². The van der Waals surface area contributed by atoms with Gasteiger partial charge in [0.15, 0.2) is 0 Å². The van der Waals surface area contributed by atoms with Crippen molar-refractivity contribution in [1.29, 1.82) is 0 Å². The molecule has 0 bridgehead atoms. The molecule has 2 saturated carbocycles. The molecule has 2 aliphatic carbocycles. The SMILES string of the molecule is CCOC(=O)C1CCC(C2CCC(=O)CC2)CC1. The average Bonchev–Trinajstić information content (AvgIpc) is 2.40. The molecule has 0 unspecified atom stereocenters. The predicted molar refractivity (Wildman–Crippen MR) is 69.0 cm³/mol. The molecule has 2 rings (SSSR count). The van der Waals surface area contributed by atoms with Gasteiger partial charge in [0, 0.05) is 12.8 Å². The molecule has 0 heterocycles. The van der Waals surface area contributed by atoms with Crippen molar-refractivity contribution in [3.05, 3.63) is 0 Å². The number of hydrogen-bond acceptors (Lipinski definition) is 3. The highest BCUT2D eigenvalue weighted by Crippen LogP contribution is 2.39. The maximum absolute atomic E-state index is 11.7. The zero-order chi connectivity index (χ0) is 13.0. The lowest BCUT2D eigenvalue weighted by molar-refractivity contribution is -0.149. The van der Waals surface area contributed by atoms with Crippen LogP contribution in [0.25, 0.3) is 0 Å². The van der Waals surface area contributed by atoms with Crippen LogP contribution in [0.1, 0.15) is 58.3 Å². The summed E-state index contributed by atoms with van der Waals surface area (Å²) >= 11 is 0. The highest BCUT2D eigenvalue weighted by molar-refractivity contribution is 5.79. The lowest BCUT2D eigenvalue weighted by Crippen LogP contribution is -2.29. The Labute approximate surface area is 109 Å². The molecule has 0 aromatic carbocycles. The Morgan fingerprint density at radius 1 is 1.06 bits per heavy atom. The van der Waals surface area contributed by atoms with Gasteiger partial charge in [0.2, 0.25) is 0 Å². The van der Waals surface area contributed by atoms with Gasteiger partial charge in [-0.05, 0) is 57.3 Å². The maximum Gasteiger partial charge on any atom is 0.308 e. The summed E-state index contributed by atoms with van der Waals surface area (Å²) in [6.07, 6.45) is 7.96. The molecule has 3 nitrogen and oxygen atoms in total. The molecule has 18 heavy (non-hydrogen) atoms. The van der Waals surface area contributed by atoms with E-state index in [-0.39, 0.29) is 11.9 Å². The van der Waals surface area contributed by atoms with E-state index in [9.17, 15) is 9.59 Å². The second-order valence-electron chi connectivity index (χ2n) is 5.74. The van der Waals surface area contributed by atoms with Crippen molar-refractivity contribution in [3.63, 3.8) is 0 Å². The van der Waals surface area contributed by atoms with E-state index in [1.165, 1.54) is 0 Å². The number of hydrogen-bond donors (Lipinski definition) is 0. The molecule has 0 amide bonds. The number of ketones is 1. The van der Waals surface area contributed by atoms with Crippen molar-refractivity contribution in [3.8, 4) is 0 Å². The van der Waals surface area contributed by atoms with Crippen molar-refractivity contribution < 1.29 is 14.3 Å². The number of rotatable bonds is 3. The van der Waals surface area contributed by atoms with E-state index in [0.29, 0.717) is 12.4 Å². The van der Waals surface area contributed by atoms with Gasteiger partial charge in [0.05, 0.1) is 12.5 Å². The van der Waals surface area contributed by atoms with Crippen LogP contribution in [0.3, 0.4) is 0 Å². The van der Waals surface area contributed by atoms with Gasteiger partial charge in [-0.3, -0.25) is 9.59 Å². The van der Waals surface area contributed by atoms with E-state index in [1.807, 2.05) is 6.92 Å². The van der Waals surface area contributed by atoms with E-state index >= 15 is 0 Å². The van der Waals surface area contributed by atoms with Crippen LogP contribution in [-0.4, -0.2) is 18.4 Å². The number of esters is 1. The lowest BCUT2D eigenvalue weighted by atomic mass is 9.71. The molecule has 2 aliphatic rings. The quantitative estimate of drug-likeness (QED) is 0.725. The number of carbonyl (C=O) groups is 2. The summed E-state index contributed by atoms with van der Waals surface area (Å²) < 4.78 is 5.09. The van der Waals surface area contributed by atoms with Crippen LogP contribution in [0.4, 0.5) is 0 Å². The first kappa shape index (κ1) is 13.6. The largest absolute Gasteiger partial charge is 0.466 e. The Bertz CT molecular complexity index is 293. The van der Waals surface area contributed by atoms with Crippen molar-refractivity contribution >= 4 is 11.8 Å². The summed E-state index contributed by atoms with van der Waals surface area (Å²) in [5, 5.41) is 0. The first-order valence-electron chi connectivity index (χ1n) is 7.39. The Balaban J connectivity index is 1.76. The van der Waals surface area contributed by atoms with Crippen molar-refractivity contribution in [2.45, 2.75) is 58.3 Å². The molecule has 0 saturated heterocycles. The monoisotopic (exact) mass is 252 g/mol. The van der Waals surface area contributed by atoms with Gasteiger partial charge < -0.3 is 4.74 Å². The topological polar surface area (TPSA) is 43.4 Å². The van der Waals surface area contributed by atoms with E-state index in [0.717, 1.165) is 63.2 Å². The van der Waals surface area contributed by atoms with Crippen LogP contribution in [0.2, 0.25) is 0 Å². The van der Waals surface area contributed by atoms with Crippen molar-refractivity contribution in [2.24, 2.45) is 17.8 Å². The fourth-order valence-corrected chi connectivity index (χ4v) is 3.52. The van der Waals surface area contributed by atoms with Crippen molar-refractivity contribution in [2.75, 3.05) is 6.61 Å². The maximum atomic E-state index is 11.7. The second-order valence-corrected chi connectivity index (χ2v) is 5.74. The molecule has 0 aliphatic heterocycles. The van der Waals surface area contributed by atoms with Gasteiger partial charge in [0.1, 0.15) is 5.78 Å². The molecule has 0 atom stereocenters. The summed E-state index contributed by atoms with van der Waals surface area (Å²) in [6, 6.07) is 0. The molecule has 0 radical (unpaired) electrons. The molecule has 0 spiro atoms. The minimum atomic E-state index is -0.00484. The van der Waals surface area contributed by atoms with Gasteiger partial charge in [-0.2, -0.15) is 0 Å². The van der Waals surface area contributed by atoms with E-state index in [1.54, 1.807) is 0 Å². The number of ether oxygens (including phenoxy) is 1. The molecule has 0 N–H and O–H groups in total. The Morgan fingerprint density at radius 3 is 2.17 bits per heavy atom. The minimum Gasteiger partial charge on any atom is -0.466 e. The first-order valence-corrected chi connectivity index (χ1v) is 7.39. The van der Waals surface area contributed by atoms with Crippen LogP contribution in [0, 0.1) is 17.8 Å². The van der Waals surface area contributed by atoms with Crippen LogP contribution in [0.5, 0.6) is 0 Å². The molecular weight excluding hydrogens is 228 g/mol. The average molecular weight is 252 g/mol. The van der Waals surface area contributed by atoms with E-state index in [4.69, 9.17) is 4.74 Å². The highest BCUT2D eigenvalue weighted by Gasteiger charge is 2.32. The van der Waals surface area contributed by atoms with Crippen LogP contribution in [-0.2, 0) is 14.3 Å². The summed E-state index contributed by atoms with van der Waals surface area (Å²) in [4.78, 5) is 22.9. The van der Waals surface area contributed by atoms with Gasteiger partial charge in [-0.1, -0.05) is 0 Å². The van der Waals surface area contributed by atoms with Crippen LogP contribution < -0.4 is 0 Å². The third kappa shape index (κ3) is 3.33. The number of Topliss-reactive ketones (excluding diaryl/α,β-unsaturated/α-hetero) is 1. The Kier molecular flexibility index (Phi) is 4.79. The van der Waals surface area contributed by atoms with Gasteiger partial charge in [-0.15, -0.1) is 0 Å². The van der Waals surface area contributed by atoms with E-state index in [2.05, 4.69) is 0 Å². The zero-order valence-electron chi connectivity index (χ0n) is 11.3. The highest BCUT2D eigenvalue weighted by atomic mass is 16.5. The van der Waals surface area contributed by atoms with Crippen LogP contribution in [0.15, 0.2) is 0 Å². The van der Waals surface area contributed by atoms with Gasteiger partial charge in [-0.25, -0.2) is 0 Å². The summed E-state index contributed by atoms with van der Waals surface area (Å²) in [7, 11) is 0. The molecule has 2 fully saturated rings. The van der Waals surface area contributed by atoms with Crippen LogP contribution >= 0.6 is 0 Å². The van der Waals surface area contributed by atoms with Crippen molar-refractivity contribution in [1.82, 2.24) is 0 Å². The third-order valence-corrected chi connectivity index (χ3v) is 4.65. The van der Waals surface area contributed by atoms with E-state index < -0.39 is 0 Å². The third-order valence-electron chi connectivity index (χ3n) is 4.65. The second kappa shape index (κ2) is 6.35. The normalized spacial score (nSPS) is 30.2. The Morgan fingerprint density at radius 2 is 1.61 bits per heavy atom. The fourth-order valence-electron chi connectivity index (χ4n) is 3.52. The smallest absolute Gasteiger partial charge is 0.308 e. The standard InChI is InChI=1S/C15H24O3/c1-2-18-15(17)13-5-3-11(4-6-13)12-7-9-14(16)10-8-12/h11-13H,2-10H2,1H3. The predicted octanol–water partition coefficient (Wildman–Crippen LogP) is 3.12. The lowest BCUT2D eigenvalue weighted by Gasteiger charge is -2.34. The minimum absolute atomic E-state index is 0.00484. The summed E-state index contributed by atoms with van der Waals surface area (Å²) in [5.41, 5.74) is 0. The molecule has 0 aromatic heterocycles. The molecule has 3 heteroatoms. The zero-order valence-corrected chi connectivity index (χ0v) is 11.3. The first-order chi connectivity index (χ1) is 8.70. The fraction of sp³-hybridized carbons (Fsp3) is 0.867. The molecule has 102 valence electrons.